The fourth-order valence-electron chi connectivity index (χ4n) is 2.77. The summed E-state index contributed by atoms with van der Waals surface area (Å²) in [4.78, 5) is 24.7. The molecule has 0 aliphatic carbocycles. The van der Waals surface area contributed by atoms with Crippen LogP contribution in [0.15, 0.2) is 42.5 Å². The molecule has 154 valence electrons. The van der Waals surface area contributed by atoms with Gasteiger partial charge in [-0.05, 0) is 24.6 Å². The highest BCUT2D eigenvalue weighted by atomic mass is 16.6. The van der Waals surface area contributed by atoms with Crippen molar-refractivity contribution in [2.75, 3.05) is 28.4 Å². The third-order valence-electron chi connectivity index (χ3n) is 4.63. The van der Waals surface area contributed by atoms with E-state index in [1.54, 1.807) is 37.4 Å². The Morgan fingerprint density at radius 3 is 2.28 bits per heavy atom. The molecule has 0 aliphatic rings. The smallest absolute Gasteiger partial charge is 0.269 e. The van der Waals surface area contributed by atoms with Gasteiger partial charge in [0.1, 0.15) is 5.75 Å². The van der Waals surface area contributed by atoms with Crippen LogP contribution in [0.1, 0.15) is 24.1 Å². The maximum atomic E-state index is 12.6. The zero-order chi connectivity index (χ0) is 21.6. The number of hydrogen-bond donors (Lipinski definition) is 0. The lowest BCUT2D eigenvalue weighted by molar-refractivity contribution is -0.384. The number of non-ortho nitro benzene ring substituents is 1. The largest absolute Gasteiger partial charge is 0.496 e. The van der Waals surface area contributed by atoms with E-state index >= 15 is 0 Å². The summed E-state index contributed by atoms with van der Waals surface area (Å²) in [6.45, 7) is 1.81. The Labute approximate surface area is 169 Å². The third-order valence-corrected chi connectivity index (χ3v) is 4.63. The molecule has 0 unspecified atom stereocenters. The molecule has 8 heteroatoms. The maximum Gasteiger partial charge on any atom is 0.269 e. The zero-order valence-electron chi connectivity index (χ0n) is 17.0. The van der Waals surface area contributed by atoms with Gasteiger partial charge in [0.15, 0.2) is 11.5 Å². The number of amides is 1. The summed E-state index contributed by atoms with van der Waals surface area (Å²) in [5, 5.41) is 11.0. The molecule has 1 atom stereocenters. The van der Waals surface area contributed by atoms with E-state index in [0.29, 0.717) is 28.4 Å². The molecule has 0 saturated carbocycles. The van der Waals surface area contributed by atoms with Gasteiger partial charge in [-0.3, -0.25) is 14.9 Å². The van der Waals surface area contributed by atoms with E-state index in [4.69, 9.17) is 14.2 Å². The number of benzene rings is 2. The first kappa shape index (κ1) is 21.7. The second kappa shape index (κ2) is 9.59. The monoisotopic (exact) mass is 400 g/mol. The first-order chi connectivity index (χ1) is 13.8. The minimum absolute atomic E-state index is 0.0131. The van der Waals surface area contributed by atoms with Gasteiger partial charge >= 0.3 is 0 Å². The van der Waals surface area contributed by atoms with E-state index < -0.39 is 4.92 Å². The van der Waals surface area contributed by atoms with Gasteiger partial charge < -0.3 is 19.1 Å². The molecular formula is C21H24N2O6. The first-order valence-electron chi connectivity index (χ1n) is 8.81. The molecule has 2 aromatic rings. The van der Waals surface area contributed by atoms with Crippen molar-refractivity contribution in [1.29, 1.82) is 0 Å². The zero-order valence-corrected chi connectivity index (χ0v) is 17.0. The van der Waals surface area contributed by atoms with Crippen LogP contribution in [0.5, 0.6) is 17.2 Å². The van der Waals surface area contributed by atoms with Crippen molar-refractivity contribution >= 4 is 17.7 Å². The standard InChI is InChI=1S/C21H24N2O6/c1-14(15-7-6-8-17(11-15)23(25)26)22(2)21(24)10-9-16-12-19(28-4)20(29-5)13-18(16)27-3/h6-14H,1-5H3/b10-9+/t14-/m1/s1. The van der Waals surface area contributed by atoms with Crippen molar-refractivity contribution in [2.45, 2.75) is 13.0 Å². The van der Waals surface area contributed by atoms with Gasteiger partial charge in [-0.2, -0.15) is 0 Å². The van der Waals surface area contributed by atoms with Crippen LogP contribution in [-0.4, -0.2) is 44.1 Å². The van der Waals surface area contributed by atoms with E-state index in [9.17, 15) is 14.9 Å². The van der Waals surface area contributed by atoms with E-state index in [1.165, 1.54) is 44.4 Å². The number of nitro benzene ring substituents is 1. The molecule has 0 N–H and O–H groups in total. The lowest BCUT2D eigenvalue weighted by atomic mass is 10.1. The topological polar surface area (TPSA) is 91.1 Å². The second-order valence-electron chi connectivity index (χ2n) is 6.26. The number of methoxy groups -OCH3 is 3. The molecule has 0 aliphatic heterocycles. The molecule has 0 saturated heterocycles. The lowest BCUT2D eigenvalue weighted by Crippen LogP contribution is -2.28. The molecule has 29 heavy (non-hydrogen) atoms. The highest BCUT2D eigenvalue weighted by molar-refractivity contribution is 5.92. The van der Waals surface area contributed by atoms with Crippen LogP contribution in [0, 0.1) is 10.1 Å². The number of ether oxygens (including phenoxy) is 3. The number of nitro groups is 1. The van der Waals surface area contributed by atoms with Crippen molar-refractivity contribution in [3.63, 3.8) is 0 Å². The Kier molecular flexibility index (Phi) is 7.19. The van der Waals surface area contributed by atoms with E-state index in [2.05, 4.69) is 0 Å². The number of carbonyl (C=O) groups is 1. The van der Waals surface area contributed by atoms with Gasteiger partial charge in [0.25, 0.3) is 5.69 Å². The second-order valence-corrected chi connectivity index (χ2v) is 6.26. The average molecular weight is 400 g/mol. The van der Waals surface area contributed by atoms with E-state index in [1.807, 2.05) is 6.92 Å². The van der Waals surface area contributed by atoms with Crippen molar-refractivity contribution < 1.29 is 23.9 Å². The molecule has 0 aromatic heterocycles. The quantitative estimate of drug-likeness (QED) is 0.380. The average Bonchev–Trinajstić information content (AvgIpc) is 2.75. The van der Waals surface area contributed by atoms with Crippen molar-refractivity contribution in [1.82, 2.24) is 4.90 Å². The Morgan fingerprint density at radius 1 is 1.07 bits per heavy atom. The predicted octanol–water partition coefficient (Wildman–Crippen LogP) is 3.85. The molecule has 0 fully saturated rings. The van der Waals surface area contributed by atoms with E-state index in [-0.39, 0.29) is 17.6 Å². The van der Waals surface area contributed by atoms with Crippen LogP contribution in [0.2, 0.25) is 0 Å². The van der Waals surface area contributed by atoms with Crippen LogP contribution in [-0.2, 0) is 4.79 Å². The Morgan fingerprint density at radius 2 is 1.69 bits per heavy atom. The highest BCUT2D eigenvalue weighted by Gasteiger charge is 2.18. The lowest BCUT2D eigenvalue weighted by Gasteiger charge is -2.24. The van der Waals surface area contributed by atoms with Crippen molar-refractivity contribution in [3.05, 3.63) is 63.7 Å². The molecule has 1 amide bonds. The van der Waals surface area contributed by atoms with Crippen LogP contribution in [0.4, 0.5) is 5.69 Å². The van der Waals surface area contributed by atoms with Crippen molar-refractivity contribution in [3.8, 4) is 17.2 Å². The van der Waals surface area contributed by atoms with Gasteiger partial charge in [0.2, 0.25) is 5.91 Å². The number of likely N-dealkylation sites (N-methyl/N-ethyl adjacent to an activating group) is 1. The molecule has 0 heterocycles. The van der Waals surface area contributed by atoms with Crippen LogP contribution in [0.25, 0.3) is 6.08 Å². The number of nitrogens with zero attached hydrogens (tertiary/aromatic N) is 2. The minimum atomic E-state index is -0.457. The predicted molar refractivity (Wildman–Crippen MR) is 109 cm³/mol. The summed E-state index contributed by atoms with van der Waals surface area (Å²) in [5.41, 5.74) is 1.31. The fraction of sp³-hybridized carbons (Fsp3) is 0.286. The molecule has 0 radical (unpaired) electrons. The van der Waals surface area contributed by atoms with Gasteiger partial charge in [0, 0.05) is 36.9 Å². The molecular weight excluding hydrogens is 376 g/mol. The summed E-state index contributed by atoms with van der Waals surface area (Å²) in [6, 6.07) is 9.29. The summed E-state index contributed by atoms with van der Waals surface area (Å²) in [6.07, 6.45) is 3.04. The third kappa shape index (κ3) is 5.04. The number of rotatable bonds is 8. The number of carbonyl (C=O) groups excluding carboxylic acids is 1. The molecule has 2 aromatic carbocycles. The maximum absolute atomic E-state index is 12.6. The summed E-state index contributed by atoms with van der Waals surface area (Å²) < 4.78 is 15.9. The molecule has 0 bridgehead atoms. The van der Waals surface area contributed by atoms with Gasteiger partial charge in [-0.25, -0.2) is 0 Å². The number of hydrogen-bond acceptors (Lipinski definition) is 6. The summed E-state index contributed by atoms with van der Waals surface area (Å²) in [7, 11) is 6.22. The molecule has 2 rings (SSSR count). The van der Waals surface area contributed by atoms with E-state index in [0.717, 1.165) is 0 Å². The van der Waals surface area contributed by atoms with Crippen LogP contribution >= 0.6 is 0 Å². The molecule has 0 spiro atoms. The van der Waals surface area contributed by atoms with Gasteiger partial charge in [-0.1, -0.05) is 12.1 Å². The van der Waals surface area contributed by atoms with Crippen LogP contribution in [0.3, 0.4) is 0 Å². The SMILES string of the molecule is COc1cc(OC)c(OC)cc1/C=C/C(=O)N(C)[C@H](C)c1cccc([N+](=O)[O-])c1. The normalized spacial score (nSPS) is 11.8. The Balaban J connectivity index is 2.23. The Bertz CT molecular complexity index is 925. The summed E-state index contributed by atoms with van der Waals surface area (Å²) >= 11 is 0. The Hall–Kier alpha value is -3.55. The van der Waals surface area contributed by atoms with Gasteiger partial charge in [-0.15, -0.1) is 0 Å². The first-order valence-corrected chi connectivity index (χ1v) is 8.81. The molecule has 8 nitrogen and oxygen atoms in total. The summed E-state index contributed by atoms with van der Waals surface area (Å²) in [5.74, 6) is 1.30. The minimum Gasteiger partial charge on any atom is -0.496 e. The highest BCUT2D eigenvalue weighted by Crippen LogP contribution is 2.35. The fourth-order valence-corrected chi connectivity index (χ4v) is 2.77. The van der Waals surface area contributed by atoms with Crippen LogP contribution < -0.4 is 14.2 Å². The van der Waals surface area contributed by atoms with Gasteiger partial charge in [0.05, 0.1) is 32.3 Å². The van der Waals surface area contributed by atoms with Crippen molar-refractivity contribution in [2.24, 2.45) is 0 Å².